The monoisotopic (exact) mass is 329 g/mol. The third-order valence-electron chi connectivity index (χ3n) is 4.29. The van der Waals surface area contributed by atoms with Crippen LogP contribution in [-0.2, 0) is 11.2 Å². The van der Waals surface area contributed by atoms with Gasteiger partial charge in [0.05, 0.1) is 5.92 Å². The Kier molecular flexibility index (Phi) is 5.26. The molecule has 2 N–H and O–H groups in total. The highest BCUT2D eigenvalue weighted by atomic mass is 35.5. The van der Waals surface area contributed by atoms with Crippen LogP contribution in [0.15, 0.2) is 48.7 Å². The molecule has 1 saturated heterocycles. The van der Waals surface area contributed by atoms with Gasteiger partial charge in [0.25, 0.3) is 0 Å². The van der Waals surface area contributed by atoms with E-state index < -0.39 is 0 Å². The van der Waals surface area contributed by atoms with Crippen LogP contribution in [0.25, 0.3) is 0 Å². The molecule has 1 aliphatic heterocycles. The highest BCUT2D eigenvalue weighted by Gasteiger charge is 2.33. The lowest BCUT2D eigenvalue weighted by molar-refractivity contribution is -0.124. The van der Waals surface area contributed by atoms with Gasteiger partial charge in [-0.2, -0.15) is 0 Å². The first-order valence-corrected chi connectivity index (χ1v) is 8.25. The molecule has 4 nitrogen and oxygen atoms in total. The molecule has 0 radical (unpaired) electrons. The Bertz CT molecular complexity index is 645. The molecule has 2 atom stereocenters. The summed E-state index contributed by atoms with van der Waals surface area (Å²) in [5.74, 6) is 0.191. The van der Waals surface area contributed by atoms with E-state index in [1.54, 1.807) is 12.3 Å². The number of rotatable bonds is 5. The van der Waals surface area contributed by atoms with Gasteiger partial charge in [-0.3, -0.25) is 4.79 Å². The number of aromatic nitrogens is 1. The Morgan fingerprint density at radius 1 is 1.22 bits per heavy atom. The minimum absolute atomic E-state index is 0.0613. The van der Waals surface area contributed by atoms with Crippen LogP contribution in [-0.4, -0.2) is 30.5 Å². The van der Waals surface area contributed by atoms with E-state index in [0.717, 1.165) is 18.5 Å². The van der Waals surface area contributed by atoms with Crippen LogP contribution in [0.2, 0.25) is 5.15 Å². The zero-order chi connectivity index (χ0) is 16.1. The van der Waals surface area contributed by atoms with Crippen molar-refractivity contribution in [3.05, 3.63) is 64.9 Å². The van der Waals surface area contributed by atoms with E-state index in [1.165, 1.54) is 5.56 Å². The minimum Gasteiger partial charge on any atom is -0.355 e. The molecule has 0 saturated carbocycles. The van der Waals surface area contributed by atoms with E-state index in [2.05, 4.69) is 27.8 Å². The zero-order valence-corrected chi connectivity index (χ0v) is 13.6. The zero-order valence-electron chi connectivity index (χ0n) is 12.8. The molecule has 2 aromatic rings. The van der Waals surface area contributed by atoms with Gasteiger partial charge in [0.2, 0.25) is 5.91 Å². The summed E-state index contributed by atoms with van der Waals surface area (Å²) in [7, 11) is 0. The molecule has 0 aliphatic carbocycles. The predicted molar refractivity (Wildman–Crippen MR) is 91.5 cm³/mol. The van der Waals surface area contributed by atoms with Crippen molar-refractivity contribution >= 4 is 17.5 Å². The van der Waals surface area contributed by atoms with Crippen molar-refractivity contribution < 1.29 is 4.79 Å². The Morgan fingerprint density at radius 3 is 2.78 bits per heavy atom. The van der Waals surface area contributed by atoms with Crippen LogP contribution in [0.4, 0.5) is 0 Å². The Morgan fingerprint density at radius 2 is 2.04 bits per heavy atom. The van der Waals surface area contributed by atoms with Gasteiger partial charge < -0.3 is 10.6 Å². The van der Waals surface area contributed by atoms with Gasteiger partial charge in [0, 0.05) is 31.7 Å². The first-order chi connectivity index (χ1) is 11.2. The van der Waals surface area contributed by atoms with Gasteiger partial charge >= 0.3 is 0 Å². The van der Waals surface area contributed by atoms with Crippen molar-refractivity contribution in [2.75, 3.05) is 19.6 Å². The van der Waals surface area contributed by atoms with E-state index >= 15 is 0 Å². The molecule has 0 bridgehead atoms. The van der Waals surface area contributed by atoms with E-state index in [4.69, 9.17) is 11.6 Å². The summed E-state index contributed by atoms with van der Waals surface area (Å²) >= 11 is 5.84. The minimum atomic E-state index is -0.0613. The fraction of sp³-hybridized carbons (Fsp3) is 0.333. The molecule has 1 fully saturated rings. The van der Waals surface area contributed by atoms with Gasteiger partial charge in [0.15, 0.2) is 0 Å². The van der Waals surface area contributed by atoms with Gasteiger partial charge in [-0.15, -0.1) is 0 Å². The molecule has 5 heteroatoms. The quantitative estimate of drug-likeness (QED) is 0.828. The number of halogens is 1. The van der Waals surface area contributed by atoms with Gasteiger partial charge in [-0.1, -0.05) is 48.0 Å². The van der Waals surface area contributed by atoms with Crippen molar-refractivity contribution in [3.8, 4) is 0 Å². The summed E-state index contributed by atoms with van der Waals surface area (Å²) in [6.07, 6.45) is 2.62. The average molecular weight is 330 g/mol. The average Bonchev–Trinajstić information content (AvgIpc) is 3.06. The topological polar surface area (TPSA) is 54.0 Å². The molecule has 1 aromatic carbocycles. The van der Waals surface area contributed by atoms with E-state index in [9.17, 15) is 4.79 Å². The number of hydrogen-bond donors (Lipinski definition) is 2. The largest absolute Gasteiger partial charge is 0.355 e. The third-order valence-corrected chi connectivity index (χ3v) is 4.51. The number of hydrogen-bond acceptors (Lipinski definition) is 3. The van der Waals surface area contributed by atoms with Crippen molar-refractivity contribution in [2.45, 2.75) is 12.3 Å². The van der Waals surface area contributed by atoms with Gasteiger partial charge in [-0.05, 0) is 23.6 Å². The van der Waals surface area contributed by atoms with Crippen LogP contribution in [0.1, 0.15) is 17.0 Å². The standard InChI is InChI=1S/C18H20ClN3O/c19-17-7-6-14(10-22-17)15-11-20-12-16(15)18(23)21-9-8-13-4-2-1-3-5-13/h1-7,10,15-16,20H,8-9,11-12H2,(H,21,23)/t15-,16+/m0/s1. The molecular weight excluding hydrogens is 310 g/mol. The number of amides is 1. The van der Waals surface area contributed by atoms with E-state index in [0.29, 0.717) is 18.2 Å². The molecule has 0 spiro atoms. The SMILES string of the molecule is O=C(NCCc1ccccc1)[C@@H]1CNC[C@H]1c1ccc(Cl)nc1. The second kappa shape index (κ2) is 7.57. The summed E-state index contributed by atoms with van der Waals surface area (Å²) in [6.45, 7) is 2.15. The molecule has 120 valence electrons. The highest BCUT2D eigenvalue weighted by Crippen LogP contribution is 2.28. The lowest BCUT2D eigenvalue weighted by atomic mass is 9.89. The molecule has 1 aromatic heterocycles. The lowest BCUT2D eigenvalue weighted by Gasteiger charge is -2.18. The van der Waals surface area contributed by atoms with Crippen molar-refractivity contribution in [2.24, 2.45) is 5.92 Å². The molecular formula is C18H20ClN3O. The normalized spacial score (nSPS) is 20.4. The molecule has 1 amide bonds. The maximum atomic E-state index is 12.5. The summed E-state index contributed by atoms with van der Waals surface area (Å²) in [5, 5.41) is 6.84. The smallest absolute Gasteiger partial charge is 0.225 e. The molecule has 3 rings (SSSR count). The molecule has 1 aliphatic rings. The van der Waals surface area contributed by atoms with E-state index in [1.807, 2.05) is 24.3 Å². The van der Waals surface area contributed by atoms with Crippen LogP contribution >= 0.6 is 11.6 Å². The number of nitrogens with zero attached hydrogens (tertiary/aromatic N) is 1. The number of pyridine rings is 1. The maximum absolute atomic E-state index is 12.5. The Balaban J connectivity index is 1.56. The number of nitrogens with one attached hydrogen (secondary N) is 2. The van der Waals surface area contributed by atoms with Crippen LogP contribution in [0, 0.1) is 5.92 Å². The molecule has 23 heavy (non-hydrogen) atoms. The second-order valence-electron chi connectivity index (χ2n) is 5.81. The lowest BCUT2D eigenvalue weighted by Crippen LogP contribution is -2.35. The van der Waals surface area contributed by atoms with Crippen LogP contribution < -0.4 is 10.6 Å². The van der Waals surface area contributed by atoms with Gasteiger partial charge in [-0.25, -0.2) is 4.98 Å². The summed E-state index contributed by atoms with van der Waals surface area (Å²) in [4.78, 5) is 16.6. The van der Waals surface area contributed by atoms with Crippen molar-refractivity contribution in [3.63, 3.8) is 0 Å². The predicted octanol–water partition coefficient (Wildman–Crippen LogP) is 2.40. The third kappa shape index (κ3) is 4.09. The summed E-state index contributed by atoms with van der Waals surface area (Å²) in [6, 6.07) is 13.9. The van der Waals surface area contributed by atoms with Crippen molar-refractivity contribution in [1.82, 2.24) is 15.6 Å². The van der Waals surface area contributed by atoms with Crippen LogP contribution in [0.3, 0.4) is 0 Å². The summed E-state index contributed by atoms with van der Waals surface area (Å²) < 4.78 is 0. The molecule has 0 unspecified atom stereocenters. The van der Waals surface area contributed by atoms with Crippen molar-refractivity contribution in [1.29, 1.82) is 0 Å². The number of carbonyl (C=O) groups excluding carboxylic acids is 1. The maximum Gasteiger partial charge on any atom is 0.225 e. The van der Waals surface area contributed by atoms with E-state index in [-0.39, 0.29) is 17.7 Å². The number of carbonyl (C=O) groups is 1. The second-order valence-corrected chi connectivity index (χ2v) is 6.20. The number of benzene rings is 1. The Labute approximate surface area is 141 Å². The fourth-order valence-corrected chi connectivity index (χ4v) is 3.13. The Hall–Kier alpha value is -1.91. The molecule has 2 heterocycles. The van der Waals surface area contributed by atoms with Gasteiger partial charge in [0.1, 0.15) is 5.15 Å². The first-order valence-electron chi connectivity index (χ1n) is 7.88. The first kappa shape index (κ1) is 16.0. The summed E-state index contributed by atoms with van der Waals surface area (Å²) in [5.41, 5.74) is 2.29. The highest BCUT2D eigenvalue weighted by molar-refractivity contribution is 6.29. The van der Waals surface area contributed by atoms with Crippen LogP contribution in [0.5, 0.6) is 0 Å². The fourth-order valence-electron chi connectivity index (χ4n) is 3.02.